The Balaban J connectivity index is 1.65. The van der Waals surface area contributed by atoms with Crippen molar-refractivity contribution in [3.63, 3.8) is 0 Å². The van der Waals surface area contributed by atoms with Gasteiger partial charge in [0.1, 0.15) is 4.75 Å². The highest BCUT2D eigenvalue weighted by atomic mass is 32.2. The summed E-state index contributed by atoms with van der Waals surface area (Å²) in [4.78, 5) is 17.9. The zero-order valence-corrected chi connectivity index (χ0v) is 14.8. The van der Waals surface area contributed by atoms with Gasteiger partial charge in [0, 0.05) is 37.7 Å². The Morgan fingerprint density at radius 1 is 1.42 bits per heavy atom. The zero-order chi connectivity index (χ0) is 17.2. The van der Waals surface area contributed by atoms with Crippen LogP contribution in [0.1, 0.15) is 32.6 Å². The Labute approximate surface area is 143 Å². The third kappa shape index (κ3) is 3.01. The van der Waals surface area contributed by atoms with Crippen molar-refractivity contribution >= 4 is 15.7 Å². The van der Waals surface area contributed by atoms with Crippen LogP contribution in [0.3, 0.4) is 0 Å². The van der Waals surface area contributed by atoms with Crippen molar-refractivity contribution in [1.29, 1.82) is 0 Å². The van der Waals surface area contributed by atoms with E-state index in [1.54, 1.807) is 23.2 Å². The Morgan fingerprint density at radius 3 is 2.88 bits per heavy atom. The second kappa shape index (κ2) is 6.70. The number of rotatable bonds is 6. The first-order valence-corrected chi connectivity index (χ1v) is 10.2. The van der Waals surface area contributed by atoms with E-state index in [-0.39, 0.29) is 17.6 Å². The molecular weight excluding hydrogens is 328 g/mol. The maximum atomic E-state index is 12.6. The highest BCUT2D eigenvalue weighted by Crippen LogP contribution is 2.45. The molecule has 1 amide bonds. The minimum absolute atomic E-state index is 0.0639. The van der Waals surface area contributed by atoms with Crippen LogP contribution in [-0.4, -0.2) is 54.4 Å². The van der Waals surface area contributed by atoms with Gasteiger partial charge in [-0.05, 0) is 18.9 Å². The predicted molar refractivity (Wildman–Crippen MR) is 90.5 cm³/mol. The van der Waals surface area contributed by atoms with Crippen LogP contribution < -0.4 is 4.74 Å². The topological polar surface area (TPSA) is 76.6 Å². The van der Waals surface area contributed by atoms with E-state index < -0.39 is 14.6 Å². The SMILES string of the molecule is CCCCC(=O)N1CC2(C1)[C@@H](COc1ccccn1)CCS2(=O)=O. The smallest absolute Gasteiger partial charge is 0.222 e. The van der Waals surface area contributed by atoms with Crippen LogP contribution in [0.4, 0.5) is 0 Å². The second-order valence-electron chi connectivity index (χ2n) is 6.70. The molecule has 0 N–H and O–H groups in total. The quantitative estimate of drug-likeness (QED) is 0.778. The van der Waals surface area contributed by atoms with Gasteiger partial charge in [0.15, 0.2) is 9.84 Å². The lowest BCUT2D eigenvalue weighted by atomic mass is 9.83. The Kier molecular flexibility index (Phi) is 4.80. The summed E-state index contributed by atoms with van der Waals surface area (Å²) in [6, 6.07) is 5.40. The van der Waals surface area contributed by atoms with Crippen molar-refractivity contribution in [3.8, 4) is 5.88 Å². The molecule has 0 saturated carbocycles. The van der Waals surface area contributed by atoms with Crippen LogP contribution in [0.5, 0.6) is 5.88 Å². The summed E-state index contributed by atoms with van der Waals surface area (Å²) in [6.07, 6.45) is 4.55. The maximum absolute atomic E-state index is 12.6. The lowest BCUT2D eigenvalue weighted by Crippen LogP contribution is -2.68. The highest BCUT2D eigenvalue weighted by molar-refractivity contribution is 7.93. The van der Waals surface area contributed by atoms with Gasteiger partial charge in [0.25, 0.3) is 0 Å². The third-order valence-corrected chi connectivity index (χ3v) is 7.79. The number of ether oxygens (including phenoxy) is 1. The summed E-state index contributed by atoms with van der Waals surface area (Å²) in [7, 11) is -3.18. The number of nitrogens with zero attached hydrogens (tertiary/aromatic N) is 2. The number of hydrogen-bond donors (Lipinski definition) is 0. The fourth-order valence-electron chi connectivity index (χ4n) is 3.59. The van der Waals surface area contributed by atoms with Crippen LogP contribution in [0.15, 0.2) is 24.4 Å². The standard InChI is InChI=1S/C17H24N2O4S/c1-2-3-7-16(20)19-12-17(13-19)14(8-10-24(17,21)22)11-23-15-6-4-5-9-18-15/h4-6,9,14H,2-3,7-8,10-13H2,1H3/t14-/m1/s1. The lowest BCUT2D eigenvalue weighted by molar-refractivity contribution is -0.137. The van der Waals surface area contributed by atoms with E-state index in [9.17, 15) is 13.2 Å². The van der Waals surface area contributed by atoms with Gasteiger partial charge < -0.3 is 9.64 Å². The van der Waals surface area contributed by atoms with Crippen LogP contribution in [0.2, 0.25) is 0 Å². The molecule has 6 nitrogen and oxygen atoms in total. The largest absolute Gasteiger partial charge is 0.477 e. The molecule has 2 aliphatic rings. The number of carbonyl (C=O) groups is 1. The second-order valence-corrected chi connectivity index (χ2v) is 9.15. The molecule has 2 saturated heterocycles. The van der Waals surface area contributed by atoms with E-state index in [2.05, 4.69) is 4.98 Å². The molecule has 2 aliphatic heterocycles. The molecule has 2 fully saturated rings. The Morgan fingerprint density at radius 2 is 2.21 bits per heavy atom. The van der Waals surface area contributed by atoms with Gasteiger partial charge in [0.05, 0.1) is 12.4 Å². The summed E-state index contributed by atoms with van der Waals surface area (Å²) in [5, 5.41) is 0. The van der Waals surface area contributed by atoms with Crippen LogP contribution in [0.25, 0.3) is 0 Å². The summed E-state index contributed by atoms with van der Waals surface area (Å²) in [6.45, 7) is 2.99. The van der Waals surface area contributed by atoms with Gasteiger partial charge in [-0.25, -0.2) is 13.4 Å². The van der Waals surface area contributed by atoms with Gasteiger partial charge in [-0.15, -0.1) is 0 Å². The average molecular weight is 352 g/mol. The molecular formula is C17H24N2O4S. The summed E-state index contributed by atoms with van der Waals surface area (Å²) in [5.41, 5.74) is 0. The van der Waals surface area contributed by atoms with Crippen LogP contribution in [-0.2, 0) is 14.6 Å². The van der Waals surface area contributed by atoms with Crippen molar-refractivity contribution < 1.29 is 17.9 Å². The van der Waals surface area contributed by atoms with E-state index in [0.29, 0.717) is 38.4 Å². The summed E-state index contributed by atoms with van der Waals surface area (Å²) < 4.78 is 30.0. The van der Waals surface area contributed by atoms with Gasteiger partial charge >= 0.3 is 0 Å². The molecule has 1 spiro atoms. The van der Waals surface area contributed by atoms with Gasteiger partial charge in [-0.3, -0.25) is 4.79 Å². The van der Waals surface area contributed by atoms with Gasteiger partial charge in [-0.2, -0.15) is 0 Å². The highest BCUT2D eigenvalue weighted by Gasteiger charge is 2.62. The molecule has 0 bridgehead atoms. The monoisotopic (exact) mass is 352 g/mol. The van der Waals surface area contributed by atoms with E-state index in [4.69, 9.17) is 4.74 Å². The number of unbranched alkanes of at least 4 members (excludes halogenated alkanes) is 1. The Bertz CT molecular complexity index is 684. The van der Waals surface area contributed by atoms with E-state index in [0.717, 1.165) is 12.8 Å². The van der Waals surface area contributed by atoms with Crippen molar-refractivity contribution in [2.45, 2.75) is 37.4 Å². The van der Waals surface area contributed by atoms with Crippen LogP contribution in [0, 0.1) is 5.92 Å². The van der Waals surface area contributed by atoms with Gasteiger partial charge in [0.2, 0.25) is 11.8 Å². The number of sulfone groups is 1. The number of likely N-dealkylation sites (tertiary alicyclic amines) is 1. The molecule has 132 valence electrons. The maximum Gasteiger partial charge on any atom is 0.222 e. The molecule has 7 heteroatoms. The van der Waals surface area contributed by atoms with Crippen molar-refractivity contribution in [1.82, 2.24) is 9.88 Å². The Hall–Kier alpha value is -1.63. The van der Waals surface area contributed by atoms with Crippen molar-refractivity contribution in [2.75, 3.05) is 25.4 Å². The molecule has 3 rings (SSSR count). The first-order chi connectivity index (χ1) is 11.5. The van der Waals surface area contributed by atoms with E-state index in [1.165, 1.54) is 0 Å². The minimum atomic E-state index is -3.18. The zero-order valence-electron chi connectivity index (χ0n) is 14.0. The molecule has 0 unspecified atom stereocenters. The van der Waals surface area contributed by atoms with Crippen molar-refractivity contribution in [2.24, 2.45) is 5.92 Å². The first kappa shape index (κ1) is 17.2. The molecule has 1 aromatic rings. The fraction of sp³-hybridized carbons (Fsp3) is 0.647. The first-order valence-electron chi connectivity index (χ1n) is 8.52. The number of aromatic nitrogens is 1. The average Bonchev–Trinajstić information content (AvgIpc) is 2.81. The van der Waals surface area contributed by atoms with Crippen LogP contribution >= 0.6 is 0 Å². The molecule has 1 aromatic heterocycles. The third-order valence-electron chi connectivity index (χ3n) is 5.18. The number of pyridine rings is 1. The number of amides is 1. The number of hydrogen-bond acceptors (Lipinski definition) is 5. The lowest BCUT2D eigenvalue weighted by Gasteiger charge is -2.49. The summed E-state index contributed by atoms with van der Waals surface area (Å²) in [5.74, 6) is 0.668. The fourth-order valence-corrected chi connectivity index (χ4v) is 5.99. The normalized spacial score (nSPS) is 23.9. The molecule has 3 heterocycles. The molecule has 1 atom stereocenters. The van der Waals surface area contributed by atoms with Crippen molar-refractivity contribution in [3.05, 3.63) is 24.4 Å². The summed E-state index contributed by atoms with van der Waals surface area (Å²) >= 11 is 0. The molecule has 0 radical (unpaired) electrons. The molecule has 24 heavy (non-hydrogen) atoms. The van der Waals surface area contributed by atoms with E-state index in [1.807, 2.05) is 13.0 Å². The predicted octanol–water partition coefficient (Wildman–Crippen LogP) is 1.67. The minimum Gasteiger partial charge on any atom is -0.477 e. The van der Waals surface area contributed by atoms with Gasteiger partial charge in [-0.1, -0.05) is 19.4 Å². The number of carbonyl (C=O) groups excluding carboxylic acids is 1. The van der Waals surface area contributed by atoms with E-state index >= 15 is 0 Å². The molecule has 0 aromatic carbocycles. The molecule has 0 aliphatic carbocycles.